The van der Waals surface area contributed by atoms with Crippen LogP contribution < -0.4 is 10.5 Å². The van der Waals surface area contributed by atoms with Gasteiger partial charge < -0.3 is 44.0 Å². The quantitative estimate of drug-likeness (QED) is 0.120. The first-order valence-corrected chi connectivity index (χ1v) is 13.7. The number of aliphatic hydroxyl groups excluding tert-OH is 1. The molecule has 0 spiro atoms. The number of methoxy groups -OCH3 is 1. The Labute approximate surface area is 240 Å². The minimum absolute atomic E-state index is 0.0879. The molecule has 1 heterocycles. The largest absolute Gasteiger partial charge is 0.489 e. The van der Waals surface area contributed by atoms with Crippen molar-refractivity contribution in [2.24, 2.45) is 5.73 Å². The first kappa shape index (κ1) is 30.7. The molecular formula is C32H39NO8. The van der Waals surface area contributed by atoms with Crippen LogP contribution in [0.15, 0.2) is 71.1 Å². The van der Waals surface area contributed by atoms with Crippen molar-refractivity contribution in [2.75, 3.05) is 46.8 Å². The maximum Gasteiger partial charge on any atom is 0.155 e. The summed E-state index contributed by atoms with van der Waals surface area (Å²) in [6, 6.07) is 21.5. The van der Waals surface area contributed by atoms with Gasteiger partial charge in [0.1, 0.15) is 30.3 Å². The highest BCUT2D eigenvalue weighted by atomic mass is 16.6. The van der Waals surface area contributed by atoms with E-state index in [2.05, 4.69) is 12.1 Å². The molecule has 41 heavy (non-hydrogen) atoms. The molecule has 3 aromatic carbocycles. The third-order valence-electron chi connectivity index (χ3n) is 6.39. The SMILES string of the molecule is COCCOCCOCCOCc1cc2cc(COc3ccccc3CC(O)O)cc(-c3cccc(CN)c3)c2o1. The van der Waals surface area contributed by atoms with E-state index in [0.29, 0.717) is 70.9 Å². The lowest BCUT2D eigenvalue weighted by Crippen LogP contribution is -2.11. The lowest BCUT2D eigenvalue weighted by Gasteiger charge is -2.13. The third kappa shape index (κ3) is 9.37. The Morgan fingerprint density at radius 1 is 0.780 bits per heavy atom. The van der Waals surface area contributed by atoms with Crippen LogP contribution >= 0.6 is 0 Å². The van der Waals surface area contributed by atoms with E-state index in [1.807, 2.05) is 54.6 Å². The van der Waals surface area contributed by atoms with Gasteiger partial charge in [0.25, 0.3) is 0 Å². The Hall–Kier alpha value is -3.28. The minimum atomic E-state index is -1.45. The van der Waals surface area contributed by atoms with Crippen LogP contribution in [0, 0.1) is 0 Å². The summed E-state index contributed by atoms with van der Waals surface area (Å²) in [5.41, 5.74) is 11.3. The molecule has 0 amide bonds. The Bertz CT molecular complexity index is 1350. The zero-order valence-electron chi connectivity index (χ0n) is 23.4. The van der Waals surface area contributed by atoms with E-state index in [9.17, 15) is 10.2 Å². The standard InChI is InChI=1S/C32H39NO8/c1-36-9-10-37-11-12-38-13-14-39-22-28-18-27-16-24(21-40-30-8-3-2-6-26(30)19-31(34)35)17-29(32(27)41-28)25-7-4-5-23(15-25)20-33/h2-8,15-18,31,34-35H,9-14,19-22,33H2,1H3. The summed E-state index contributed by atoms with van der Waals surface area (Å²) in [7, 11) is 1.64. The smallest absolute Gasteiger partial charge is 0.155 e. The molecule has 9 heteroatoms. The molecule has 0 saturated carbocycles. The Morgan fingerprint density at radius 2 is 1.54 bits per heavy atom. The van der Waals surface area contributed by atoms with E-state index in [1.165, 1.54) is 0 Å². The lowest BCUT2D eigenvalue weighted by molar-refractivity contribution is -0.0385. The van der Waals surface area contributed by atoms with Crippen molar-refractivity contribution >= 4 is 11.0 Å². The summed E-state index contributed by atoms with van der Waals surface area (Å²) in [6.45, 7) is 4.07. The van der Waals surface area contributed by atoms with E-state index in [0.717, 1.165) is 38.8 Å². The van der Waals surface area contributed by atoms with Crippen LogP contribution in [-0.2, 0) is 45.1 Å². The zero-order valence-corrected chi connectivity index (χ0v) is 23.4. The molecule has 4 N–H and O–H groups in total. The number of hydrogen-bond donors (Lipinski definition) is 3. The number of aliphatic hydroxyl groups is 2. The number of nitrogens with two attached hydrogens (primary N) is 1. The number of benzene rings is 3. The van der Waals surface area contributed by atoms with Crippen LogP contribution in [0.4, 0.5) is 0 Å². The minimum Gasteiger partial charge on any atom is -0.489 e. The van der Waals surface area contributed by atoms with Gasteiger partial charge in [-0.3, -0.25) is 0 Å². The number of rotatable bonds is 18. The summed E-state index contributed by atoms with van der Waals surface area (Å²) >= 11 is 0. The zero-order chi connectivity index (χ0) is 28.9. The summed E-state index contributed by atoms with van der Waals surface area (Å²) in [5.74, 6) is 1.32. The average Bonchev–Trinajstić information content (AvgIpc) is 3.40. The highest BCUT2D eigenvalue weighted by molar-refractivity contribution is 5.93. The summed E-state index contributed by atoms with van der Waals surface area (Å²) in [5, 5.41) is 19.8. The normalized spacial score (nSPS) is 11.5. The van der Waals surface area contributed by atoms with Gasteiger partial charge in [-0.05, 0) is 52.6 Å². The molecule has 0 aliphatic carbocycles. The first-order valence-electron chi connectivity index (χ1n) is 13.7. The Kier molecular flexibility index (Phi) is 12.1. The Balaban J connectivity index is 1.46. The Morgan fingerprint density at radius 3 is 2.29 bits per heavy atom. The van der Waals surface area contributed by atoms with Crippen LogP contribution in [0.25, 0.3) is 22.1 Å². The molecule has 0 aliphatic heterocycles. The van der Waals surface area contributed by atoms with Crippen LogP contribution in [0.5, 0.6) is 5.75 Å². The van der Waals surface area contributed by atoms with Crippen molar-refractivity contribution < 1.29 is 38.3 Å². The fourth-order valence-electron chi connectivity index (χ4n) is 4.43. The van der Waals surface area contributed by atoms with Gasteiger partial charge in [0, 0.05) is 31.0 Å². The molecule has 4 aromatic rings. The summed E-state index contributed by atoms with van der Waals surface area (Å²) in [6.07, 6.45) is -1.36. The van der Waals surface area contributed by atoms with Crippen molar-refractivity contribution in [3.8, 4) is 16.9 Å². The molecule has 220 valence electrons. The second-order valence-corrected chi connectivity index (χ2v) is 9.53. The number of hydrogen-bond acceptors (Lipinski definition) is 9. The average molecular weight is 566 g/mol. The number of para-hydroxylation sites is 1. The fourth-order valence-corrected chi connectivity index (χ4v) is 4.43. The highest BCUT2D eigenvalue weighted by Crippen LogP contribution is 2.34. The van der Waals surface area contributed by atoms with E-state index in [1.54, 1.807) is 7.11 Å². The van der Waals surface area contributed by atoms with E-state index in [4.69, 9.17) is 33.8 Å². The van der Waals surface area contributed by atoms with Crippen molar-refractivity contribution in [1.29, 1.82) is 0 Å². The molecule has 0 aliphatic rings. The van der Waals surface area contributed by atoms with Gasteiger partial charge in [-0.1, -0.05) is 36.4 Å². The monoisotopic (exact) mass is 565 g/mol. The van der Waals surface area contributed by atoms with Gasteiger partial charge in [-0.2, -0.15) is 0 Å². The predicted octanol–water partition coefficient (Wildman–Crippen LogP) is 4.19. The molecule has 0 unspecified atom stereocenters. The third-order valence-corrected chi connectivity index (χ3v) is 6.39. The van der Waals surface area contributed by atoms with Crippen LogP contribution in [0.1, 0.15) is 22.5 Å². The van der Waals surface area contributed by atoms with Crippen LogP contribution in [0.2, 0.25) is 0 Å². The van der Waals surface area contributed by atoms with Gasteiger partial charge in [0.2, 0.25) is 0 Å². The maximum absolute atomic E-state index is 9.45. The summed E-state index contributed by atoms with van der Waals surface area (Å²) in [4.78, 5) is 0. The second kappa shape index (κ2) is 16.2. The number of furan rings is 1. The van der Waals surface area contributed by atoms with E-state index in [-0.39, 0.29) is 6.42 Å². The maximum atomic E-state index is 9.45. The molecule has 0 fully saturated rings. The van der Waals surface area contributed by atoms with Gasteiger partial charge in [0.05, 0.1) is 39.6 Å². The molecule has 1 aromatic heterocycles. The fraction of sp³-hybridized carbons (Fsp3) is 0.375. The van der Waals surface area contributed by atoms with Gasteiger partial charge in [-0.15, -0.1) is 0 Å². The highest BCUT2D eigenvalue weighted by Gasteiger charge is 2.14. The second-order valence-electron chi connectivity index (χ2n) is 9.53. The molecule has 0 radical (unpaired) electrons. The van der Waals surface area contributed by atoms with Gasteiger partial charge in [-0.25, -0.2) is 0 Å². The lowest BCUT2D eigenvalue weighted by atomic mass is 9.99. The summed E-state index contributed by atoms with van der Waals surface area (Å²) < 4.78 is 34.0. The first-order chi connectivity index (χ1) is 20.1. The van der Waals surface area contributed by atoms with Crippen molar-refractivity contribution in [3.05, 3.63) is 89.2 Å². The molecule has 4 rings (SSSR count). The van der Waals surface area contributed by atoms with E-state index >= 15 is 0 Å². The van der Waals surface area contributed by atoms with Gasteiger partial charge >= 0.3 is 0 Å². The number of fused-ring (bicyclic) bond motifs is 1. The van der Waals surface area contributed by atoms with Crippen molar-refractivity contribution in [3.63, 3.8) is 0 Å². The van der Waals surface area contributed by atoms with E-state index < -0.39 is 6.29 Å². The van der Waals surface area contributed by atoms with Crippen LogP contribution in [0.3, 0.4) is 0 Å². The molecule has 0 atom stereocenters. The van der Waals surface area contributed by atoms with Crippen molar-refractivity contribution in [2.45, 2.75) is 32.5 Å². The predicted molar refractivity (Wildman–Crippen MR) is 155 cm³/mol. The molecular weight excluding hydrogens is 526 g/mol. The molecule has 0 saturated heterocycles. The molecule has 9 nitrogen and oxygen atoms in total. The topological polar surface area (TPSA) is 126 Å². The van der Waals surface area contributed by atoms with Gasteiger partial charge in [0.15, 0.2) is 6.29 Å². The number of ether oxygens (including phenoxy) is 5. The van der Waals surface area contributed by atoms with Crippen molar-refractivity contribution in [1.82, 2.24) is 0 Å². The molecule has 0 bridgehead atoms. The van der Waals surface area contributed by atoms with Crippen LogP contribution in [-0.4, -0.2) is 63.3 Å².